The van der Waals surface area contributed by atoms with Gasteiger partial charge in [-0.25, -0.2) is 4.98 Å². The number of hydrogen-bond acceptors (Lipinski definition) is 3. The monoisotopic (exact) mass is 296 g/mol. The van der Waals surface area contributed by atoms with Gasteiger partial charge in [0.1, 0.15) is 0 Å². The zero-order valence-corrected chi connectivity index (χ0v) is 12.5. The van der Waals surface area contributed by atoms with E-state index in [0.717, 1.165) is 22.5 Å². The van der Waals surface area contributed by atoms with E-state index < -0.39 is 0 Å². The van der Waals surface area contributed by atoms with Gasteiger partial charge in [-0.15, -0.1) is 0 Å². The van der Waals surface area contributed by atoms with Crippen molar-refractivity contribution in [1.82, 2.24) is 19.4 Å². The molecule has 0 spiro atoms. The average molecular weight is 297 g/mol. The van der Waals surface area contributed by atoms with E-state index in [-0.39, 0.29) is 0 Å². The van der Waals surface area contributed by atoms with E-state index in [1.807, 2.05) is 6.07 Å². The van der Waals surface area contributed by atoms with Crippen LogP contribution in [-0.2, 0) is 6.54 Å². The van der Waals surface area contributed by atoms with E-state index in [4.69, 9.17) is 23.8 Å². The Morgan fingerprint density at radius 3 is 3.16 bits per heavy atom. The summed E-state index contributed by atoms with van der Waals surface area (Å²) in [6.07, 6.45) is 5.48. The number of likely N-dealkylation sites (tertiary alicyclic amines) is 1. The molecular weight excluding hydrogens is 280 g/mol. The summed E-state index contributed by atoms with van der Waals surface area (Å²) >= 11 is 11.4. The second-order valence-electron chi connectivity index (χ2n) is 5.20. The van der Waals surface area contributed by atoms with Gasteiger partial charge in [0, 0.05) is 18.8 Å². The Morgan fingerprint density at radius 1 is 1.53 bits per heavy atom. The number of halogens is 1. The van der Waals surface area contributed by atoms with Crippen LogP contribution in [0.1, 0.15) is 19.3 Å². The van der Waals surface area contributed by atoms with Gasteiger partial charge in [-0.05, 0) is 44.7 Å². The molecule has 0 radical (unpaired) electrons. The summed E-state index contributed by atoms with van der Waals surface area (Å²) in [6.45, 7) is 2.06. The number of nitrogens with zero attached hydrogens (tertiary/aromatic N) is 3. The molecule has 3 heterocycles. The molecule has 0 saturated carbocycles. The molecule has 3 rings (SSSR count). The summed E-state index contributed by atoms with van der Waals surface area (Å²) in [6, 6.07) is 2.41. The van der Waals surface area contributed by atoms with E-state index in [9.17, 15) is 0 Å². The van der Waals surface area contributed by atoms with Crippen LogP contribution in [0.2, 0.25) is 5.02 Å². The van der Waals surface area contributed by atoms with E-state index in [1.165, 1.54) is 25.8 Å². The van der Waals surface area contributed by atoms with Gasteiger partial charge in [-0.3, -0.25) is 4.57 Å². The van der Waals surface area contributed by atoms with Crippen LogP contribution in [-0.4, -0.2) is 39.1 Å². The van der Waals surface area contributed by atoms with Crippen LogP contribution in [0.3, 0.4) is 0 Å². The average Bonchev–Trinajstić information content (AvgIpc) is 2.68. The Hall–Kier alpha value is -0.910. The molecule has 2 aromatic heterocycles. The SMILES string of the molecule is CN1CCCCC1Cn1c(=S)[nH]c2cc(Cl)cnc21. The lowest BCUT2D eigenvalue weighted by molar-refractivity contribution is 0.168. The van der Waals surface area contributed by atoms with Crippen LogP contribution in [0.4, 0.5) is 0 Å². The highest BCUT2D eigenvalue weighted by atomic mass is 35.5. The van der Waals surface area contributed by atoms with Crippen molar-refractivity contribution in [3.05, 3.63) is 22.1 Å². The Bertz CT molecular complexity index is 648. The number of aromatic nitrogens is 3. The van der Waals surface area contributed by atoms with Crippen LogP contribution in [0.25, 0.3) is 11.2 Å². The molecule has 1 N–H and O–H groups in total. The first-order chi connectivity index (χ1) is 9.15. The molecule has 1 unspecified atom stereocenters. The van der Waals surface area contributed by atoms with Crippen molar-refractivity contribution in [2.75, 3.05) is 13.6 Å². The van der Waals surface area contributed by atoms with E-state index in [2.05, 4.69) is 26.5 Å². The fourth-order valence-electron chi connectivity index (χ4n) is 2.77. The molecule has 0 aromatic carbocycles. The van der Waals surface area contributed by atoms with Crippen LogP contribution in [0, 0.1) is 4.77 Å². The lowest BCUT2D eigenvalue weighted by atomic mass is 10.0. The normalized spacial score (nSPS) is 21.1. The van der Waals surface area contributed by atoms with Crippen molar-refractivity contribution >= 4 is 35.0 Å². The summed E-state index contributed by atoms with van der Waals surface area (Å²) in [7, 11) is 2.19. The highest BCUT2D eigenvalue weighted by molar-refractivity contribution is 7.71. The molecule has 2 aromatic rings. The maximum Gasteiger partial charge on any atom is 0.179 e. The lowest BCUT2D eigenvalue weighted by Gasteiger charge is -2.32. The molecule has 1 aliphatic rings. The number of H-pyrrole nitrogens is 1. The lowest BCUT2D eigenvalue weighted by Crippen LogP contribution is -2.39. The number of pyridine rings is 1. The number of fused-ring (bicyclic) bond motifs is 1. The zero-order chi connectivity index (χ0) is 13.4. The van der Waals surface area contributed by atoms with Gasteiger partial charge in [0.2, 0.25) is 0 Å². The second-order valence-corrected chi connectivity index (χ2v) is 6.02. The van der Waals surface area contributed by atoms with E-state index in [0.29, 0.717) is 11.1 Å². The first-order valence-electron chi connectivity index (χ1n) is 6.59. The minimum Gasteiger partial charge on any atom is -0.329 e. The van der Waals surface area contributed by atoms with Gasteiger partial charge in [0.25, 0.3) is 0 Å². The number of rotatable bonds is 2. The summed E-state index contributed by atoms with van der Waals surface area (Å²) in [5.41, 5.74) is 1.81. The largest absolute Gasteiger partial charge is 0.329 e. The Balaban J connectivity index is 1.96. The molecule has 6 heteroatoms. The van der Waals surface area contributed by atoms with Gasteiger partial charge in [0.15, 0.2) is 10.4 Å². The van der Waals surface area contributed by atoms with Gasteiger partial charge in [-0.2, -0.15) is 0 Å². The number of likely N-dealkylation sites (N-methyl/N-ethyl adjacent to an activating group) is 1. The number of piperidine rings is 1. The fourth-order valence-corrected chi connectivity index (χ4v) is 3.20. The predicted molar refractivity (Wildman–Crippen MR) is 80.2 cm³/mol. The summed E-state index contributed by atoms with van der Waals surface area (Å²) in [4.78, 5) is 10.0. The summed E-state index contributed by atoms with van der Waals surface area (Å²) in [5, 5.41) is 0.630. The molecule has 1 aliphatic heterocycles. The summed E-state index contributed by atoms with van der Waals surface area (Å²) < 4.78 is 2.82. The Morgan fingerprint density at radius 2 is 2.37 bits per heavy atom. The second kappa shape index (κ2) is 5.23. The molecule has 0 bridgehead atoms. The molecule has 0 aliphatic carbocycles. The fraction of sp³-hybridized carbons (Fsp3) is 0.538. The molecule has 0 amide bonds. The quantitative estimate of drug-likeness (QED) is 0.865. The molecular formula is C13H17ClN4S. The minimum atomic E-state index is 0.539. The standard InChI is InChI=1S/C13H17ClN4S/c1-17-5-3-2-4-10(17)8-18-12-11(16-13(18)19)6-9(14)7-15-12/h6-7,10H,2-5,8H2,1H3,(H,16,19). The minimum absolute atomic E-state index is 0.539. The molecule has 102 valence electrons. The maximum absolute atomic E-state index is 5.96. The van der Waals surface area contributed by atoms with Crippen molar-refractivity contribution in [2.45, 2.75) is 31.8 Å². The van der Waals surface area contributed by atoms with E-state index >= 15 is 0 Å². The molecule has 1 atom stereocenters. The van der Waals surface area contributed by atoms with Crippen molar-refractivity contribution in [1.29, 1.82) is 0 Å². The smallest absolute Gasteiger partial charge is 0.179 e. The van der Waals surface area contributed by atoms with Crippen LogP contribution in [0.15, 0.2) is 12.3 Å². The number of nitrogens with one attached hydrogen (secondary N) is 1. The Kier molecular flexibility index (Phi) is 3.60. The van der Waals surface area contributed by atoms with E-state index in [1.54, 1.807) is 6.20 Å². The molecule has 19 heavy (non-hydrogen) atoms. The third-order valence-corrected chi connectivity index (χ3v) is 4.42. The van der Waals surface area contributed by atoms with Gasteiger partial charge >= 0.3 is 0 Å². The topological polar surface area (TPSA) is 36.9 Å². The number of imidazole rings is 1. The van der Waals surface area contributed by atoms with Gasteiger partial charge in [0.05, 0.1) is 10.5 Å². The van der Waals surface area contributed by atoms with Crippen molar-refractivity contribution in [3.63, 3.8) is 0 Å². The van der Waals surface area contributed by atoms with Gasteiger partial charge in [-0.1, -0.05) is 18.0 Å². The van der Waals surface area contributed by atoms with Crippen molar-refractivity contribution in [2.24, 2.45) is 0 Å². The van der Waals surface area contributed by atoms with Crippen molar-refractivity contribution in [3.8, 4) is 0 Å². The number of hydrogen-bond donors (Lipinski definition) is 1. The van der Waals surface area contributed by atoms with Crippen LogP contribution >= 0.6 is 23.8 Å². The van der Waals surface area contributed by atoms with Crippen molar-refractivity contribution < 1.29 is 0 Å². The molecule has 1 saturated heterocycles. The third kappa shape index (κ3) is 2.55. The number of aromatic amines is 1. The van der Waals surface area contributed by atoms with Crippen LogP contribution < -0.4 is 0 Å². The first kappa shape index (κ1) is 13.1. The highest BCUT2D eigenvalue weighted by Crippen LogP contribution is 2.21. The highest BCUT2D eigenvalue weighted by Gasteiger charge is 2.20. The maximum atomic E-state index is 5.96. The van der Waals surface area contributed by atoms with Crippen LogP contribution in [0.5, 0.6) is 0 Å². The first-order valence-corrected chi connectivity index (χ1v) is 7.38. The Labute approximate surface area is 122 Å². The molecule has 4 nitrogen and oxygen atoms in total. The third-order valence-electron chi connectivity index (χ3n) is 3.89. The predicted octanol–water partition coefficient (Wildman–Crippen LogP) is 3.23. The van der Waals surface area contributed by atoms with Gasteiger partial charge < -0.3 is 9.88 Å². The zero-order valence-electron chi connectivity index (χ0n) is 10.9. The molecule has 1 fully saturated rings. The summed E-state index contributed by atoms with van der Waals surface area (Å²) in [5.74, 6) is 0.